The van der Waals surface area contributed by atoms with Gasteiger partial charge in [-0.15, -0.1) is 10.2 Å². The summed E-state index contributed by atoms with van der Waals surface area (Å²) < 4.78 is 11.4. The summed E-state index contributed by atoms with van der Waals surface area (Å²) >= 11 is 1.23. The van der Waals surface area contributed by atoms with E-state index in [1.807, 2.05) is 44.2 Å². The fourth-order valence-corrected chi connectivity index (χ4v) is 4.41. The second-order valence-electron chi connectivity index (χ2n) is 7.18. The Bertz CT molecular complexity index is 1360. The SMILES string of the molecule is COc1cccc(C2c3c(oc4cc(C)c(C)cc4c3=O)C(=O)N2c2nncs2)c1. The van der Waals surface area contributed by atoms with Crippen LogP contribution in [0.5, 0.6) is 5.75 Å². The number of fused-ring (bicyclic) bond motifs is 2. The zero-order valence-electron chi connectivity index (χ0n) is 16.5. The van der Waals surface area contributed by atoms with Crippen molar-refractivity contribution in [2.75, 3.05) is 12.0 Å². The summed E-state index contributed by atoms with van der Waals surface area (Å²) in [5.74, 6) is 0.257. The number of hydrogen-bond donors (Lipinski definition) is 0. The third kappa shape index (κ3) is 2.64. The number of anilines is 1. The third-order valence-corrected chi connectivity index (χ3v) is 6.14. The predicted molar refractivity (Wildman–Crippen MR) is 114 cm³/mol. The number of methoxy groups -OCH3 is 1. The molecular formula is C22H17N3O4S. The lowest BCUT2D eigenvalue weighted by Crippen LogP contribution is -2.29. The molecule has 4 aromatic rings. The van der Waals surface area contributed by atoms with E-state index in [-0.39, 0.29) is 11.2 Å². The van der Waals surface area contributed by atoms with Crippen LogP contribution in [0.3, 0.4) is 0 Å². The van der Waals surface area contributed by atoms with Gasteiger partial charge < -0.3 is 9.15 Å². The molecule has 150 valence electrons. The summed E-state index contributed by atoms with van der Waals surface area (Å²) in [6, 6.07) is 10.2. The number of ether oxygens (including phenoxy) is 1. The number of nitrogens with zero attached hydrogens (tertiary/aromatic N) is 3. The summed E-state index contributed by atoms with van der Waals surface area (Å²) in [5, 5.41) is 8.80. The van der Waals surface area contributed by atoms with Gasteiger partial charge in [0.15, 0.2) is 5.43 Å². The molecule has 3 heterocycles. The molecule has 1 aliphatic rings. The molecule has 0 bridgehead atoms. The van der Waals surface area contributed by atoms with Crippen molar-refractivity contribution in [3.8, 4) is 5.75 Å². The minimum Gasteiger partial charge on any atom is -0.497 e. The standard InChI is InChI=1S/C22H17N3O4S/c1-11-7-15-16(8-12(11)2)29-20-17(19(15)26)18(13-5-4-6-14(9-13)28-3)25(21(20)27)22-24-23-10-30-22/h4-10,18H,1-3H3. The average molecular weight is 419 g/mol. The minimum atomic E-state index is -0.683. The Balaban J connectivity index is 1.84. The zero-order chi connectivity index (χ0) is 21.0. The van der Waals surface area contributed by atoms with E-state index in [1.165, 1.54) is 16.2 Å². The van der Waals surface area contributed by atoms with Gasteiger partial charge in [0.1, 0.15) is 16.8 Å². The predicted octanol–water partition coefficient (Wildman–Crippen LogP) is 4.02. The molecule has 0 fully saturated rings. The van der Waals surface area contributed by atoms with Gasteiger partial charge in [-0.1, -0.05) is 23.5 Å². The monoisotopic (exact) mass is 419 g/mol. The number of benzene rings is 2. The maximum absolute atomic E-state index is 13.6. The van der Waals surface area contributed by atoms with E-state index in [9.17, 15) is 9.59 Å². The number of aromatic nitrogens is 2. The fourth-order valence-electron chi connectivity index (χ4n) is 3.82. The van der Waals surface area contributed by atoms with Crippen LogP contribution >= 0.6 is 11.3 Å². The molecular weight excluding hydrogens is 402 g/mol. The first kappa shape index (κ1) is 18.5. The molecule has 0 saturated heterocycles. The molecule has 1 amide bonds. The number of carbonyl (C=O) groups is 1. The van der Waals surface area contributed by atoms with E-state index >= 15 is 0 Å². The summed E-state index contributed by atoms with van der Waals surface area (Å²) in [6.45, 7) is 3.89. The van der Waals surface area contributed by atoms with Crippen LogP contribution in [0.25, 0.3) is 11.0 Å². The van der Waals surface area contributed by atoms with Crippen molar-refractivity contribution < 1.29 is 13.9 Å². The van der Waals surface area contributed by atoms with Gasteiger partial charge in [0.05, 0.1) is 24.1 Å². The van der Waals surface area contributed by atoms with Gasteiger partial charge in [-0.05, 0) is 54.8 Å². The Morgan fingerprint density at radius 3 is 2.67 bits per heavy atom. The molecule has 0 radical (unpaired) electrons. The van der Waals surface area contributed by atoms with Crippen LogP contribution in [-0.2, 0) is 0 Å². The van der Waals surface area contributed by atoms with Crippen LogP contribution in [0.2, 0.25) is 0 Å². The lowest BCUT2D eigenvalue weighted by Gasteiger charge is -2.22. The van der Waals surface area contributed by atoms with Crippen LogP contribution in [0.15, 0.2) is 51.1 Å². The van der Waals surface area contributed by atoms with Gasteiger partial charge in [0.25, 0.3) is 5.91 Å². The van der Waals surface area contributed by atoms with Gasteiger partial charge in [-0.3, -0.25) is 14.5 Å². The average Bonchev–Trinajstić information content (AvgIpc) is 3.36. The van der Waals surface area contributed by atoms with Crippen molar-refractivity contribution in [3.63, 3.8) is 0 Å². The van der Waals surface area contributed by atoms with Crippen molar-refractivity contribution in [1.29, 1.82) is 0 Å². The number of aryl methyl sites for hydroxylation is 2. The fraction of sp³-hybridized carbons (Fsp3) is 0.182. The first-order valence-corrected chi connectivity index (χ1v) is 10.2. The van der Waals surface area contributed by atoms with Gasteiger partial charge in [-0.2, -0.15) is 0 Å². The molecule has 30 heavy (non-hydrogen) atoms. The Kier molecular flexibility index (Phi) is 4.18. The highest BCUT2D eigenvalue weighted by atomic mass is 32.1. The lowest BCUT2D eigenvalue weighted by molar-refractivity contribution is 0.0970. The zero-order valence-corrected chi connectivity index (χ0v) is 17.3. The Labute approximate surface area is 175 Å². The molecule has 0 N–H and O–H groups in total. The molecule has 0 spiro atoms. The van der Waals surface area contributed by atoms with E-state index in [1.54, 1.807) is 18.7 Å². The number of hydrogen-bond acceptors (Lipinski definition) is 7. The highest BCUT2D eigenvalue weighted by Crippen LogP contribution is 2.42. The van der Waals surface area contributed by atoms with Gasteiger partial charge in [0, 0.05) is 0 Å². The minimum absolute atomic E-state index is 0.0405. The Hall–Kier alpha value is -3.52. The number of carbonyl (C=O) groups excluding carboxylic acids is 1. The number of rotatable bonds is 3. The molecule has 1 unspecified atom stereocenters. The van der Waals surface area contributed by atoms with E-state index < -0.39 is 11.9 Å². The number of amides is 1. The highest BCUT2D eigenvalue weighted by molar-refractivity contribution is 7.13. The van der Waals surface area contributed by atoms with Gasteiger partial charge in [0.2, 0.25) is 10.9 Å². The summed E-state index contributed by atoms with van der Waals surface area (Å²) in [7, 11) is 1.57. The van der Waals surface area contributed by atoms with Crippen LogP contribution in [0.4, 0.5) is 5.13 Å². The molecule has 2 aromatic carbocycles. The van der Waals surface area contributed by atoms with E-state index in [2.05, 4.69) is 10.2 Å². The summed E-state index contributed by atoms with van der Waals surface area (Å²) in [5.41, 5.74) is 4.74. The smallest absolute Gasteiger partial charge is 0.297 e. The molecule has 7 nitrogen and oxygen atoms in total. The van der Waals surface area contributed by atoms with Crippen molar-refractivity contribution >= 4 is 33.3 Å². The van der Waals surface area contributed by atoms with Crippen LogP contribution in [0.1, 0.15) is 38.9 Å². The lowest BCUT2D eigenvalue weighted by atomic mass is 9.97. The topological polar surface area (TPSA) is 85.5 Å². The molecule has 1 atom stereocenters. The van der Waals surface area contributed by atoms with E-state index in [0.29, 0.717) is 27.4 Å². The quantitative estimate of drug-likeness (QED) is 0.499. The highest BCUT2D eigenvalue weighted by Gasteiger charge is 2.45. The molecule has 8 heteroatoms. The van der Waals surface area contributed by atoms with Crippen LogP contribution in [-0.4, -0.2) is 23.2 Å². The largest absolute Gasteiger partial charge is 0.497 e. The van der Waals surface area contributed by atoms with Crippen molar-refractivity contribution in [1.82, 2.24) is 10.2 Å². The first-order valence-electron chi connectivity index (χ1n) is 9.31. The molecule has 1 aliphatic heterocycles. The maximum atomic E-state index is 13.6. The van der Waals surface area contributed by atoms with Gasteiger partial charge in [-0.25, -0.2) is 0 Å². The summed E-state index contributed by atoms with van der Waals surface area (Å²) in [6.07, 6.45) is 0. The molecule has 0 saturated carbocycles. The van der Waals surface area contributed by atoms with Crippen molar-refractivity contribution in [3.05, 3.63) is 80.1 Å². The van der Waals surface area contributed by atoms with Crippen LogP contribution in [0, 0.1) is 13.8 Å². The second kappa shape index (κ2) is 6.77. The third-order valence-electron chi connectivity index (χ3n) is 5.45. The first-order chi connectivity index (χ1) is 14.5. The normalized spacial score (nSPS) is 15.6. The Morgan fingerprint density at radius 2 is 1.93 bits per heavy atom. The Morgan fingerprint density at radius 1 is 1.13 bits per heavy atom. The van der Waals surface area contributed by atoms with E-state index in [4.69, 9.17) is 9.15 Å². The van der Waals surface area contributed by atoms with Gasteiger partial charge >= 0.3 is 0 Å². The second-order valence-corrected chi connectivity index (χ2v) is 7.99. The summed E-state index contributed by atoms with van der Waals surface area (Å²) in [4.78, 5) is 28.4. The molecule has 0 aliphatic carbocycles. The van der Waals surface area contributed by atoms with E-state index in [0.717, 1.165) is 16.7 Å². The van der Waals surface area contributed by atoms with Crippen LogP contribution < -0.4 is 15.1 Å². The maximum Gasteiger partial charge on any atom is 0.297 e. The van der Waals surface area contributed by atoms with Crippen molar-refractivity contribution in [2.45, 2.75) is 19.9 Å². The molecule has 5 rings (SSSR count). The van der Waals surface area contributed by atoms with Crippen molar-refractivity contribution in [2.24, 2.45) is 0 Å². The molecule has 2 aromatic heterocycles.